The fraction of sp³-hybridized carbons (Fsp3) is 0.188. The van der Waals surface area contributed by atoms with E-state index in [-0.39, 0.29) is 23.5 Å². The van der Waals surface area contributed by atoms with E-state index >= 15 is 0 Å². The number of aromatic nitrogens is 3. The van der Waals surface area contributed by atoms with Crippen LogP contribution in [0.1, 0.15) is 41.4 Å². The van der Waals surface area contributed by atoms with Crippen molar-refractivity contribution in [1.29, 1.82) is 5.41 Å². The Morgan fingerprint density at radius 1 is 1.07 bits per heavy atom. The van der Waals surface area contributed by atoms with E-state index in [1.165, 1.54) is 13.4 Å². The van der Waals surface area contributed by atoms with E-state index in [0.717, 1.165) is 34.9 Å². The van der Waals surface area contributed by atoms with Crippen molar-refractivity contribution in [3.63, 3.8) is 0 Å². The van der Waals surface area contributed by atoms with E-state index in [4.69, 9.17) is 21.6 Å². The summed E-state index contributed by atoms with van der Waals surface area (Å²) in [5, 5.41) is 16.3. The summed E-state index contributed by atoms with van der Waals surface area (Å²) >= 11 is 0. The van der Waals surface area contributed by atoms with Crippen molar-refractivity contribution in [2.24, 2.45) is 5.73 Å². The second kappa shape index (κ2) is 12.5. The average Bonchev–Trinajstić information content (AvgIpc) is 3.41. The zero-order chi connectivity index (χ0) is 29.6. The number of anilines is 3. The van der Waals surface area contributed by atoms with Crippen molar-refractivity contribution in [2.75, 3.05) is 30.0 Å². The number of nitrogens with zero attached hydrogens (tertiary/aromatic N) is 2. The molecule has 0 bridgehead atoms. The van der Waals surface area contributed by atoms with Crippen LogP contribution in [-0.2, 0) is 0 Å². The van der Waals surface area contributed by atoms with E-state index in [0.29, 0.717) is 40.6 Å². The van der Waals surface area contributed by atoms with Gasteiger partial charge in [-0.3, -0.25) is 10.2 Å². The quantitative estimate of drug-likeness (QED) is 0.117. The highest BCUT2D eigenvalue weighted by Crippen LogP contribution is 2.34. The zero-order valence-corrected chi connectivity index (χ0v) is 23.6. The number of nitrogen functional groups attached to an aromatic ring is 1. The van der Waals surface area contributed by atoms with Gasteiger partial charge in [-0.05, 0) is 43.1 Å². The summed E-state index contributed by atoms with van der Waals surface area (Å²) in [6, 6.07) is 22.8. The van der Waals surface area contributed by atoms with Crippen molar-refractivity contribution in [3.8, 4) is 16.9 Å². The normalized spacial score (nSPS) is 11.7. The van der Waals surface area contributed by atoms with Crippen LogP contribution in [0, 0.1) is 5.41 Å². The summed E-state index contributed by atoms with van der Waals surface area (Å²) in [4.78, 5) is 25.4. The predicted molar refractivity (Wildman–Crippen MR) is 168 cm³/mol. The Labute approximate surface area is 244 Å². The number of carbonyl (C=O) groups excluding carboxylic acids is 1. The molecule has 0 saturated carbocycles. The molecule has 10 nitrogen and oxygen atoms in total. The highest BCUT2D eigenvalue weighted by atomic mass is 16.5. The first-order valence-electron chi connectivity index (χ1n) is 13.8. The molecule has 10 heteroatoms. The highest BCUT2D eigenvalue weighted by Gasteiger charge is 2.22. The van der Waals surface area contributed by atoms with E-state index in [1.54, 1.807) is 18.2 Å². The number of rotatable bonds is 11. The van der Waals surface area contributed by atoms with Crippen LogP contribution in [0.5, 0.6) is 5.75 Å². The van der Waals surface area contributed by atoms with Gasteiger partial charge in [-0.2, -0.15) is 0 Å². The van der Waals surface area contributed by atoms with E-state index in [1.807, 2.05) is 54.6 Å². The SMILES string of the molecule is CCC(CCN)Nc1ncnc(N)c1C(=N)c1ccc(NC(=O)c2[nH]c3ccccc3c2-c2ccccc2)c(OC)c1. The minimum atomic E-state index is -0.316. The van der Waals surface area contributed by atoms with Gasteiger partial charge in [-0.15, -0.1) is 0 Å². The number of nitrogens with one attached hydrogen (secondary N) is 4. The highest BCUT2D eigenvalue weighted by molar-refractivity contribution is 6.17. The molecule has 3 aromatic carbocycles. The maximum absolute atomic E-state index is 13.7. The number of carbonyl (C=O) groups is 1. The number of fused-ring (bicyclic) bond motifs is 1. The zero-order valence-electron chi connectivity index (χ0n) is 23.6. The molecule has 0 aliphatic heterocycles. The molecule has 1 amide bonds. The van der Waals surface area contributed by atoms with Gasteiger partial charge < -0.3 is 31.8 Å². The average molecular weight is 563 g/mol. The minimum Gasteiger partial charge on any atom is -0.495 e. The van der Waals surface area contributed by atoms with Crippen LogP contribution in [0.25, 0.3) is 22.0 Å². The van der Waals surface area contributed by atoms with Crippen molar-refractivity contribution < 1.29 is 9.53 Å². The molecular formula is C32H34N8O2. The van der Waals surface area contributed by atoms with Crippen LogP contribution >= 0.6 is 0 Å². The van der Waals surface area contributed by atoms with Gasteiger partial charge in [0.1, 0.15) is 29.4 Å². The second-order valence-corrected chi connectivity index (χ2v) is 9.84. The molecule has 2 aromatic heterocycles. The first-order chi connectivity index (χ1) is 20.4. The number of ether oxygens (including phenoxy) is 1. The molecule has 0 saturated heterocycles. The molecule has 5 rings (SSSR count). The Balaban J connectivity index is 1.46. The molecule has 1 atom stereocenters. The third kappa shape index (κ3) is 5.65. The molecule has 0 aliphatic carbocycles. The Hall–Kier alpha value is -5.22. The van der Waals surface area contributed by atoms with E-state index in [2.05, 4.69) is 32.5 Å². The largest absolute Gasteiger partial charge is 0.495 e. The van der Waals surface area contributed by atoms with Crippen molar-refractivity contribution in [1.82, 2.24) is 15.0 Å². The number of aromatic amines is 1. The minimum absolute atomic E-state index is 0.0772. The molecule has 1 unspecified atom stereocenters. The van der Waals surface area contributed by atoms with Gasteiger partial charge in [-0.25, -0.2) is 9.97 Å². The van der Waals surface area contributed by atoms with Gasteiger partial charge in [0.15, 0.2) is 0 Å². The summed E-state index contributed by atoms with van der Waals surface area (Å²) in [6.45, 7) is 2.58. The summed E-state index contributed by atoms with van der Waals surface area (Å²) in [5.74, 6) is 0.728. The van der Waals surface area contributed by atoms with Crippen LogP contribution < -0.4 is 26.8 Å². The maximum atomic E-state index is 13.7. The third-order valence-electron chi connectivity index (χ3n) is 7.21. The standard InChI is InChI=1S/C32H34N8O2/c1-3-21(15-16-33)38-31-27(30(35)36-18-37-31)28(34)20-13-14-24(25(17-20)42-2)40-32(41)29-26(19-9-5-4-6-10-19)22-11-7-8-12-23(22)39-29/h4-14,17-18,21,34,39H,3,15-16,33H2,1-2H3,(H,40,41)(H3,35,36,37,38). The molecule has 42 heavy (non-hydrogen) atoms. The van der Waals surface area contributed by atoms with Gasteiger partial charge >= 0.3 is 0 Å². The second-order valence-electron chi connectivity index (χ2n) is 9.84. The lowest BCUT2D eigenvalue weighted by molar-refractivity contribution is 0.102. The Bertz CT molecular complexity index is 1730. The van der Waals surface area contributed by atoms with Crippen molar-refractivity contribution in [3.05, 3.63) is 95.9 Å². The first kappa shape index (κ1) is 28.3. The Kier molecular flexibility index (Phi) is 8.44. The molecule has 0 fully saturated rings. The predicted octanol–water partition coefficient (Wildman–Crippen LogP) is 5.42. The molecule has 8 N–H and O–H groups in total. The van der Waals surface area contributed by atoms with E-state index in [9.17, 15) is 4.79 Å². The maximum Gasteiger partial charge on any atom is 0.272 e. The monoisotopic (exact) mass is 562 g/mol. The fourth-order valence-electron chi connectivity index (χ4n) is 5.02. The van der Waals surface area contributed by atoms with E-state index < -0.39 is 0 Å². The van der Waals surface area contributed by atoms with Gasteiger partial charge in [0, 0.05) is 28.1 Å². The number of hydrogen-bond donors (Lipinski definition) is 6. The summed E-state index contributed by atoms with van der Waals surface area (Å²) in [6.07, 6.45) is 2.95. The van der Waals surface area contributed by atoms with Crippen molar-refractivity contribution >= 4 is 39.8 Å². The van der Waals surface area contributed by atoms with Crippen molar-refractivity contribution in [2.45, 2.75) is 25.8 Å². The van der Waals surface area contributed by atoms with Crippen LogP contribution in [0.4, 0.5) is 17.3 Å². The molecular weight excluding hydrogens is 528 g/mol. The number of para-hydroxylation sites is 1. The van der Waals surface area contributed by atoms with Crippen LogP contribution in [0.15, 0.2) is 79.1 Å². The number of benzene rings is 3. The summed E-state index contributed by atoms with van der Waals surface area (Å²) < 4.78 is 5.64. The van der Waals surface area contributed by atoms with Crippen LogP contribution in [0.3, 0.4) is 0 Å². The summed E-state index contributed by atoms with van der Waals surface area (Å²) in [7, 11) is 1.52. The lowest BCUT2D eigenvalue weighted by Gasteiger charge is -2.20. The molecule has 214 valence electrons. The Morgan fingerprint density at radius 3 is 2.57 bits per heavy atom. The fourth-order valence-corrected chi connectivity index (χ4v) is 5.02. The molecule has 0 radical (unpaired) electrons. The lowest BCUT2D eigenvalue weighted by Crippen LogP contribution is -2.25. The van der Waals surface area contributed by atoms with Gasteiger partial charge in [-0.1, -0.05) is 61.5 Å². The molecule has 0 aliphatic rings. The Morgan fingerprint density at radius 2 is 1.83 bits per heavy atom. The number of hydrogen-bond acceptors (Lipinski definition) is 8. The van der Waals surface area contributed by atoms with Gasteiger partial charge in [0.05, 0.1) is 24.1 Å². The van der Waals surface area contributed by atoms with Gasteiger partial charge in [0.25, 0.3) is 5.91 Å². The van der Waals surface area contributed by atoms with Gasteiger partial charge in [0.2, 0.25) is 0 Å². The lowest BCUT2D eigenvalue weighted by atomic mass is 10.0. The number of nitrogens with two attached hydrogens (primary N) is 2. The number of methoxy groups -OCH3 is 1. The summed E-state index contributed by atoms with van der Waals surface area (Å²) in [5.41, 5.74) is 16.5. The third-order valence-corrected chi connectivity index (χ3v) is 7.21. The molecule has 2 heterocycles. The number of amides is 1. The topological polar surface area (TPSA) is 168 Å². The molecule has 5 aromatic rings. The van der Waals surface area contributed by atoms with Crippen LogP contribution in [0.2, 0.25) is 0 Å². The molecule has 0 spiro atoms. The smallest absolute Gasteiger partial charge is 0.272 e. The van der Waals surface area contributed by atoms with Crippen LogP contribution in [-0.4, -0.2) is 46.3 Å². The number of H-pyrrole nitrogens is 1. The first-order valence-corrected chi connectivity index (χ1v) is 13.8.